The van der Waals surface area contributed by atoms with E-state index in [2.05, 4.69) is 10.6 Å². The molecule has 0 aromatic heterocycles. The van der Waals surface area contributed by atoms with Crippen LogP contribution in [0.4, 0.5) is 0 Å². The summed E-state index contributed by atoms with van der Waals surface area (Å²) in [5.74, 6) is -0.882. The van der Waals surface area contributed by atoms with Gasteiger partial charge in [0.15, 0.2) is 0 Å². The van der Waals surface area contributed by atoms with Crippen molar-refractivity contribution in [1.82, 2.24) is 10.6 Å². The first kappa shape index (κ1) is 23.7. The van der Waals surface area contributed by atoms with E-state index < -0.39 is 30.0 Å². The van der Waals surface area contributed by atoms with E-state index in [0.29, 0.717) is 25.0 Å². The van der Waals surface area contributed by atoms with Gasteiger partial charge in [-0.3, -0.25) is 9.59 Å². The lowest BCUT2D eigenvalue weighted by molar-refractivity contribution is -0.142. The molecule has 0 saturated carbocycles. The Balaban J connectivity index is 4.95. The van der Waals surface area contributed by atoms with Crippen LogP contribution in [-0.2, 0) is 14.4 Å². The van der Waals surface area contributed by atoms with E-state index in [4.69, 9.17) is 5.73 Å². The molecular formula is C17H33N3O4S. The number of amides is 2. The fourth-order valence-corrected chi connectivity index (χ4v) is 2.83. The number of hydrogen-bond donors (Lipinski definition) is 4. The van der Waals surface area contributed by atoms with Crippen molar-refractivity contribution in [3.05, 3.63) is 0 Å². The Morgan fingerprint density at radius 2 is 1.48 bits per heavy atom. The molecule has 8 heteroatoms. The molecule has 0 aromatic carbocycles. The molecule has 2 amide bonds. The lowest BCUT2D eigenvalue weighted by Crippen LogP contribution is -2.54. The summed E-state index contributed by atoms with van der Waals surface area (Å²) in [5.41, 5.74) is 5.87. The van der Waals surface area contributed by atoms with Crippen LogP contribution in [0.15, 0.2) is 0 Å². The monoisotopic (exact) mass is 375 g/mol. The Bertz CT molecular complexity index is 444. The maximum Gasteiger partial charge on any atom is 0.326 e. The molecule has 0 spiro atoms. The molecule has 0 heterocycles. The lowest BCUT2D eigenvalue weighted by atomic mass is 10.0. The van der Waals surface area contributed by atoms with Gasteiger partial charge < -0.3 is 21.5 Å². The number of carboxylic acids is 1. The number of thioether (sulfide) groups is 1. The van der Waals surface area contributed by atoms with E-state index in [1.807, 2.05) is 34.0 Å². The van der Waals surface area contributed by atoms with E-state index >= 15 is 0 Å². The summed E-state index contributed by atoms with van der Waals surface area (Å²) in [7, 11) is 0. The van der Waals surface area contributed by atoms with Gasteiger partial charge in [-0.2, -0.15) is 11.8 Å². The van der Waals surface area contributed by atoms with Crippen molar-refractivity contribution in [2.24, 2.45) is 17.6 Å². The molecular weight excluding hydrogens is 342 g/mol. The maximum absolute atomic E-state index is 12.5. The van der Waals surface area contributed by atoms with Gasteiger partial charge in [0, 0.05) is 0 Å². The number of nitrogens with two attached hydrogens (primary N) is 1. The molecule has 3 atom stereocenters. The summed E-state index contributed by atoms with van der Waals surface area (Å²) < 4.78 is 0. The van der Waals surface area contributed by atoms with Crippen LogP contribution in [0.3, 0.4) is 0 Å². The van der Waals surface area contributed by atoms with Gasteiger partial charge in [0.05, 0.1) is 6.04 Å². The molecule has 0 radical (unpaired) electrons. The summed E-state index contributed by atoms with van der Waals surface area (Å²) in [5, 5.41) is 14.5. The largest absolute Gasteiger partial charge is 0.480 e. The minimum atomic E-state index is -1.08. The minimum Gasteiger partial charge on any atom is -0.480 e. The van der Waals surface area contributed by atoms with Crippen LogP contribution in [0, 0.1) is 11.8 Å². The van der Waals surface area contributed by atoms with Gasteiger partial charge in [-0.05, 0) is 43.1 Å². The number of carboxylic acid groups (broad SMARTS) is 1. The van der Waals surface area contributed by atoms with Crippen molar-refractivity contribution >= 4 is 29.5 Å². The highest BCUT2D eigenvalue weighted by atomic mass is 32.2. The fraction of sp³-hybridized carbons (Fsp3) is 0.824. The highest BCUT2D eigenvalue weighted by molar-refractivity contribution is 7.98. The Morgan fingerprint density at radius 1 is 0.960 bits per heavy atom. The van der Waals surface area contributed by atoms with Gasteiger partial charge in [0.1, 0.15) is 12.1 Å². The predicted molar refractivity (Wildman–Crippen MR) is 101 cm³/mol. The van der Waals surface area contributed by atoms with Gasteiger partial charge in [0.25, 0.3) is 0 Å². The van der Waals surface area contributed by atoms with Crippen LogP contribution in [0.2, 0.25) is 0 Å². The van der Waals surface area contributed by atoms with Crippen molar-refractivity contribution in [3.63, 3.8) is 0 Å². The standard InChI is InChI=1S/C17H33N3O4S/c1-10(2)8-12(18)15(21)19-13(6-7-25-5)16(22)20-14(17(23)24)9-11(3)4/h10-14H,6-9,18H2,1-5H3,(H,19,21)(H,20,22)(H,23,24)/t12-,13-,14-/m0/s1. The normalized spacial score (nSPS) is 14.9. The van der Waals surface area contributed by atoms with E-state index in [9.17, 15) is 19.5 Å². The van der Waals surface area contributed by atoms with E-state index in [1.54, 1.807) is 11.8 Å². The van der Waals surface area contributed by atoms with Crippen LogP contribution in [0.5, 0.6) is 0 Å². The Labute approximate surface area is 154 Å². The molecule has 146 valence electrons. The average Bonchev–Trinajstić information content (AvgIpc) is 2.48. The third-order valence-electron chi connectivity index (χ3n) is 3.63. The van der Waals surface area contributed by atoms with E-state index in [-0.39, 0.29) is 17.7 Å². The number of carbonyl (C=O) groups is 3. The van der Waals surface area contributed by atoms with Crippen LogP contribution < -0.4 is 16.4 Å². The first-order valence-corrected chi connectivity index (χ1v) is 10.1. The predicted octanol–water partition coefficient (Wildman–Crippen LogP) is 1.21. The molecule has 0 saturated heterocycles. The zero-order valence-electron chi connectivity index (χ0n) is 15.9. The Hall–Kier alpha value is -1.28. The molecule has 5 N–H and O–H groups in total. The Morgan fingerprint density at radius 3 is 1.92 bits per heavy atom. The quantitative estimate of drug-likeness (QED) is 0.407. The van der Waals surface area contributed by atoms with Gasteiger partial charge in [-0.25, -0.2) is 4.79 Å². The second kappa shape index (κ2) is 12.1. The molecule has 0 aliphatic rings. The smallest absolute Gasteiger partial charge is 0.326 e. The van der Waals surface area contributed by atoms with Crippen molar-refractivity contribution in [2.75, 3.05) is 12.0 Å². The van der Waals surface area contributed by atoms with Crippen molar-refractivity contribution in [3.8, 4) is 0 Å². The second-order valence-electron chi connectivity index (χ2n) is 7.11. The minimum absolute atomic E-state index is 0.125. The number of carbonyl (C=O) groups excluding carboxylic acids is 2. The van der Waals surface area contributed by atoms with E-state index in [0.717, 1.165) is 0 Å². The highest BCUT2D eigenvalue weighted by Crippen LogP contribution is 2.08. The highest BCUT2D eigenvalue weighted by Gasteiger charge is 2.28. The van der Waals surface area contributed by atoms with Crippen molar-refractivity contribution < 1.29 is 19.5 Å². The summed E-state index contributed by atoms with van der Waals surface area (Å²) in [6.07, 6.45) is 3.17. The SMILES string of the molecule is CSCC[C@H](NC(=O)[C@@H](N)CC(C)C)C(=O)N[C@@H](CC(C)C)C(=O)O. The topological polar surface area (TPSA) is 122 Å². The second-order valence-corrected chi connectivity index (χ2v) is 8.09. The van der Waals surface area contributed by atoms with Gasteiger partial charge in [0.2, 0.25) is 11.8 Å². The van der Waals surface area contributed by atoms with Crippen molar-refractivity contribution in [1.29, 1.82) is 0 Å². The lowest BCUT2D eigenvalue weighted by Gasteiger charge is -2.23. The molecule has 0 rings (SSSR count). The van der Waals surface area contributed by atoms with Crippen LogP contribution in [0.1, 0.15) is 47.0 Å². The first-order valence-electron chi connectivity index (χ1n) is 8.66. The summed E-state index contributed by atoms with van der Waals surface area (Å²) in [6, 6.07) is -2.44. The van der Waals surface area contributed by atoms with Crippen LogP contribution in [-0.4, -0.2) is 53.0 Å². The zero-order valence-corrected chi connectivity index (χ0v) is 16.7. The average molecular weight is 376 g/mol. The third kappa shape index (κ3) is 10.3. The number of hydrogen-bond acceptors (Lipinski definition) is 5. The molecule has 0 aliphatic carbocycles. The molecule has 0 bridgehead atoms. The first-order chi connectivity index (χ1) is 11.6. The van der Waals surface area contributed by atoms with Gasteiger partial charge in [-0.15, -0.1) is 0 Å². The molecule has 7 nitrogen and oxygen atoms in total. The summed E-state index contributed by atoms with van der Waals surface area (Å²) in [6.45, 7) is 7.71. The zero-order chi connectivity index (χ0) is 19.6. The van der Waals surface area contributed by atoms with E-state index in [1.165, 1.54) is 0 Å². The maximum atomic E-state index is 12.5. The summed E-state index contributed by atoms with van der Waals surface area (Å²) in [4.78, 5) is 36.0. The summed E-state index contributed by atoms with van der Waals surface area (Å²) >= 11 is 1.55. The Kier molecular flexibility index (Phi) is 11.5. The molecule has 0 unspecified atom stereocenters. The molecule has 0 aromatic rings. The number of aliphatic carboxylic acids is 1. The fourth-order valence-electron chi connectivity index (χ4n) is 2.36. The number of nitrogens with one attached hydrogen (secondary N) is 2. The third-order valence-corrected chi connectivity index (χ3v) is 4.27. The molecule has 25 heavy (non-hydrogen) atoms. The van der Waals surface area contributed by atoms with Gasteiger partial charge in [-0.1, -0.05) is 27.7 Å². The van der Waals surface area contributed by atoms with Crippen molar-refractivity contribution in [2.45, 2.75) is 65.1 Å². The number of rotatable bonds is 12. The van der Waals surface area contributed by atoms with Crippen LogP contribution >= 0.6 is 11.8 Å². The van der Waals surface area contributed by atoms with Gasteiger partial charge >= 0.3 is 5.97 Å². The molecule has 0 aliphatic heterocycles. The van der Waals surface area contributed by atoms with Crippen LogP contribution in [0.25, 0.3) is 0 Å². The molecule has 0 fully saturated rings.